The molecule has 92 valence electrons. The van der Waals surface area contributed by atoms with E-state index in [0.717, 1.165) is 0 Å². The van der Waals surface area contributed by atoms with Gasteiger partial charge in [-0.1, -0.05) is 18.2 Å². The summed E-state index contributed by atoms with van der Waals surface area (Å²) in [6.07, 6.45) is 0.170. The van der Waals surface area contributed by atoms with E-state index in [0.29, 0.717) is 30.6 Å². The van der Waals surface area contributed by atoms with Crippen molar-refractivity contribution < 1.29 is 19.8 Å². The molecule has 2 N–H and O–H groups in total. The molecule has 5 heteroatoms. The molecule has 0 bridgehead atoms. The molecule has 0 saturated heterocycles. The van der Waals surface area contributed by atoms with Gasteiger partial charge in [0.25, 0.3) is 0 Å². The van der Waals surface area contributed by atoms with Gasteiger partial charge in [0.1, 0.15) is 0 Å². The summed E-state index contributed by atoms with van der Waals surface area (Å²) in [6.45, 7) is 0. The number of alkyl halides is 1. The van der Waals surface area contributed by atoms with Crippen molar-refractivity contribution in [2.45, 2.75) is 18.9 Å². The topological polar surface area (TPSA) is 74.6 Å². The number of rotatable bonds is 6. The van der Waals surface area contributed by atoms with Crippen LogP contribution in [0.1, 0.15) is 34.0 Å². The lowest BCUT2D eigenvalue weighted by atomic mass is 9.95. The molecule has 4 nitrogen and oxygen atoms in total. The number of aldehydes is 1. The van der Waals surface area contributed by atoms with Crippen LogP contribution in [0.25, 0.3) is 0 Å². The highest BCUT2D eigenvalue weighted by atomic mass is 35.5. The minimum absolute atomic E-state index is 0.125. The van der Waals surface area contributed by atoms with Crippen LogP contribution >= 0.6 is 11.6 Å². The molecular weight excluding hydrogens is 244 g/mol. The third-order valence-corrected chi connectivity index (χ3v) is 2.72. The number of carboxylic acids is 1. The maximum absolute atomic E-state index is 11.0. The Bertz CT molecular complexity index is 417. The summed E-state index contributed by atoms with van der Waals surface area (Å²) < 4.78 is 0. The summed E-state index contributed by atoms with van der Waals surface area (Å²) in [5.41, 5.74) is 1.07. The molecule has 0 spiro atoms. The highest BCUT2D eigenvalue weighted by Crippen LogP contribution is 2.21. The number of carbonyl (C=O) groups is 2. The van der Waals surface area contributed by atoms with E-state index in [-0.39, 0.29) is 11.1 Å². The SMILES string of the molecule is O=Cc1c(CCCCl)cccc1C(O)C(=O)O. The van der Waals surface area contributed by atoms with Gasteiger partial charge in [-0.2, -0.15) is 0 Å². The van der Waals surface area contributed by atoms with Crippen LogP contribution in [0.4, 0.5) is 0 Å². The standard InChI is InChI=1S/C12H13ClO4/c13-6-2-4-8-3-1-5-9(10(8)7-14)11(15)12(16)17/h1,3,5,7,11,15H,2,4,6H2,(H,16,17). The van der Waals surface area contributed by atoms with Crippen LogP contribution in [0.2, 0.25) is 0 Å². The first-order valence-corrected chi connectivity index (χ1v) is 5.69. The number of hydrogen-bond donors (Lipinski definition) is 2. The highest BCUT2D eigenvalue weighted by molar-refractivity contribution is 6.17. The molecule has 0 radical (unpaired) electrons. The van der Waals surface area contributed by atoms with Crippen LogP contribution < -0.4 is 0 Å². The average molecular weight is 257 g/mol. The molecule has 0 aliphatic carbocycles. The quantitative estimate of drug-likeness (QED) is 0.601. The fourth-order valence-corrected chi connectivity index (χ4v) is 1.76. The van der Waals surface area contributed by atoms with Crippen molar-refractivity contribution in [3.05, 3.63) is 34.9 Å². The van der Waals surface area contributed by atoms with Crippen molar-refractivity contribution in [2.75, 3.05) is 5.88 Å². The molecule has 1 aromatic rings. The third kappa shape index (κ3) is 3.28. The van der Waals surface area contributed by atoms with Crippen molar-refractivity contribution in [1.82, 2.24) is 0 Å². The molecule has 0 aliphatic rings. The second-order valence-corrected chi connectivity index (χ2v) is 3.95. The Kier molecular flexibility index (Phi) is 5.12. The maximum Gasteiger partial charge on any atom is 0.337 e. The Balaban J connectivity index is 3.13. The van der Waals surface area contributed by atoms with Gasteiger partial charge in [-0.05, 0) is 18.4 Å². The smallest absolute Gasteiger partial charge is 0.337 e. The van der Waals surface area contributed by atoms with Gasteiger partial charge < -0.3 is 10.2 Å². The first-order chi connectivity index (χ1) is 8.11. The monoisotopic (exact) mass is 256 g/mol. The number of carbonyl (C=O) groups excluding carboxylic acids is 1. The van der Waals surface area contributed by atoms with E-state index < -0.39 is 12.1 Å². The van der Waals surface area contributed by atoms with Gasteiger partial charge in [-0.15, -0.1) is 11.6 Å². The minimum atomic E-state index is -1.67. The van der Waals surface area contributed by atoms with E-state index in [1.54, 1.807) is 12.1 Å². The second kappa shape index (κ2) is 6.37. The molecule has 0 aliphatic heterocycles. The van der Waals surface area contributed by atoms with Gasteiger partial charge in [0.05, 0.1) is 0 Å². The van der Waals surface area contributed by atoms with E-state index in [4.69, 9.17) is 16.7 Å². The van der Waals surface area contributed by atoms with Crippen molar-refractivity contribution >= 4 is 23.9 Å². The fourth-order valence-electron chi connectivity index (χ4n) is 1.62. The Hall–Kier alpha value is -1.39. The van der Waals surface area contributed by atoms with Crippen molar-refractivity contribution in [2.24, 2.45) is 0 Å². The summed E-state index contributed by atoms with van der Waals surface area (Å²) in [5, 5.41) is 18.2. The minimum Gasteiger partial charge on any atom is -0.479 e. The Morgan fingerprint density at radius 2 is 2.18 bits per heavy atom. The second-order valence-electron chi connectivity index (χ2n) is 3.57. The molecule has 0 fully saturated rings. The Morgan fingerprint density at radius 3 is 2.71 bits per heavy atom. The van der Waals surface area contributed by atoms with Crippen LogP contribution in [0.3, 0.4) is 0 Å². The average Bonchev–Trinajstić information content (AvgIpc) is 2.34. The van der Waals surface area contributed by atoms with Gasteiger partial charge >= 0.3 is 5.97 Å². The number of hydrogen-bond acceptors (Lipinski definition) is 3. The molecule has 1 unspecified atom stereocenters. The van der Waals surface area contributed by atoms with Crippen LogP contribution in [-0.2, 0) is 11.2 Å². The first-order valence-electron chi connectivity index (χ1n) is 5.15. The van der Waals surface area contributed by atoms with E-state index in [1.807, 2.05) is 0 Å². The predicted octanol–water partition coefficient (Wildman–Crippen LogP) is 1.79. The van der Waals surface area contributed by atoms with Gasteiger partial charge in [0, 0.05) is 17.0 Å². The van der Waals surface area contributed by atoms with E-state index >= 15 is 0 Å². The van der Waals surface area contributed by atoms with Gasteiger partial charge in [-0.25, -0.2) is 4.79 Å². The summed E-state index contributed by atoms with van der Waals surface area (Å²) >= 11 is 5.57. The lowest BCUT2D eigenvalue weighted by Crippen LogP contribution is -2.13. The number of aryl methyl sites for hydroxylation is 1. The normalized spacial score (nSPS) is 12.1. The van der Waals surface area contributed by atoms with E-state index in [1.165, 1.54) is 6.07 Å². The third-order valence-electron chi connectivity index (χ3n) is 2.46. The number of aliphatic hydroxyl groups excluding tert-OH is 1. The van der Waals surface area contributed by atoms with Gasteiger partial charge in [0.2, 0.25) is 0 Å². The van der Waals surface area contributed by atoms with Crippen LogP contribution in [0.5, 0.6) is 0 Å². The van der Waals surface area contributed by atoms with Gasteiger partial charge in [-0.3, -0.25) is 4.79 Å². The largest absolute Gasteiger partial charge is 0.479 e. The molecule has 1 aromatic carbocycles. The molecular formula is C12H13ClO4. The molecule has 17 heavy (non-hydrogen) atoms. The number of benzene rings is 1. The zero-order valence-electron chi connectivity index (χ0n) is 9.10. The summed E-state index contributed by atoms with van der Waals surface area (Å²) in [7, 11) is 0. The number of carboxylic acid groups (broad SMARTS) is 1. The lowest BCUT2D eigenvalue weighted by Gasteiger charge is -2.12. The molecule has 1 rings (SSSR count). The van der Waals surface area contributed by atoms with Crippen LogP contribution in [-0.4, -0.2) is 28.3 Å². The molecule has 0 heterocycles. The predicted molar refractivity (Wildman–Crippen MR) is 63.5 cm³/mol. The van der Waals surface area contributed by atoms with E-state index in [9.17, 15) is 14.7 Å². The number of aliphatic carboxylic acids is 1. The molecule has 0 aromatic heterocycles. The molecule has 1 atom stereocenters. The summed E-state index contributed by atoms with van der Waals surface area (Å²) in [5.74, 6) is -0.910. The lowest BCUT2D eigenvalue weighted by molar-refractivity contribution is -0.146. The van der Waals surface area contributed by atoms with Gasteiger partial charge in [0.15, 0.2) is 12.4 Å². The first kappa shape index (κ1) is 13.7. The van der Waals surface area contributed by atoms with Crippen molar-refractivity contribution in [1.29, 1.82) is 0 Å². The highest BCUT2D eigenvalue weighted by Gasteiger charge is 2.20. The number of halogens is 1. The zero-order valence-corrected chi connectivity index (χ0v) is 9.85. The summed E-state index contributed by atoms with van der Waals surface area (Å²) in [6, 6.07) is 4.79. The molecule has 0 amide bonds. The van der Waals surface area contributed by atoms with Crippen LogP contribution in [0.15, 0.2) is 18.2 Å². The summed E-state index contributed by atoms with van der Waals surface area (Å²) in [4.78, 5) is 21.7. The number of aliphatic hydroxyl groups is 1. The fraction of sp³-hybridized carbons (Fsp3) is 0.333. The van der Waals surface area contributed by atoms with E-state index in [2.05, 4.69) is 0 Å². The Morgan fingerprint density at radius 1 is 1.47 bits per heavy atom. The Labute approximate surface area is 104 Å². The van der Waals surface area contributed by atoms with Crippen molar-refractivity contribution in [3.63, 3.8) is 0 Å². The van der Waals surface area contributed by atoms with Crippen LogP contribution in [0, 0.1) is 0 Å². The maximum atomic E-state index is 11.0. The zero-order chi connectivity index (χ0) is 12.8. The van der Waals surface area contributed by atoms with Crippen molar-refractivity contribution in [3.8, 4) is 0 Å². The molecule has 0 saturated carbocycles.